The number of thiazole rings is 1. The summed E-state index contributed by atoms with van der Waals surface area (Å²) in [5.41, 5.74) is 1.01. The summed E-state index contributed by atoms with van der Waals surface area (Å²) in [6, 6.07) is 7.79. The van der Waals surface area contributed by atoms with E-state index in [1.54, 1.807) is 11.8 Å². The first kappa shape index (κ1) is 11.3. The van der Waals surface area contributed by atoms with Gasteiger partial charge in [-0.15, -0.1) is 23.1 Å². The van der Waals surface area contributed by atoms with Gasteiger partial charge in [-0.2, -0.15) is 0 Å². The molecule has 2 aromatic rings. The van der Waals surface area contributed by atoms with Crippen molar-refractivity contribution in [2.75, 3.05) is 0 Å². The van der Waals surface area contributed by atoms with Crippen molar-refractivity contribution >= 4 is 46.3 Å². The second-order valence-corrected chi connectivity index (χ2v) is 5.76. The zero-order chi connectivity index (χ0) is 10.7. The zero-order valence-corrected chi connectivity index (χ0v) is 10.8. The molecule has 1 heterocycles. The molecule has 0 radical (unpaired) electrons. The number of benzene rings is 1. The van der Waals surface area contributed by atoms with Crippen LogP contribution < -0.4 is 0 Å². The molecule has 0 amide bonds. The van der Waals surface area contributed by atoms with Crippen LogP contribution in [0.2, 0.25) is 9.49 Å². The van der Waals surface area contributed by atoms with Gasteiger partial charge in [0.05, 0.1) is 5.69 Å². The lowest BCUT2D eigenvalue weighted by Gasteiger charge is -1.99. The third-order valence-electron chi connectivity index (χ3n) is 1.71. The number of rotatable bonds is 3. The Morgan fingerprint density at radius 2 is 2.20 bits per heavy atom. The van der Waals surface area contributed by atoms with Crippen molar-refractivity contribution in [1.29, 1.82) is 0 Å². The molecule has 0 aliphatic rings. The SMILES string of the molecule is Clc1cccc(SCc2csc(Cl)n2)c1. The molecule has 0 saturated carbocycles. The first-order chi connectivity index (χ1) is 7.24. The van der Waals surface area contributed by atoms with Gasteiger partial charge in [0.25, 0.3) is 0 Å². The molecule has 0 aliphatic heterocycles. The Morgan fingerprint density at radius 3 is 2.87 bits per heavy atom. The fraction of sp³-hybridized carbons (Fsp3) is 0.100. The van der Waals surface area contributed by atoms with Crippen LogP contribution in [-0.4, -0.2) is 4.98 Å². The molecule has 0 fully saturated rings. The van der Waals surface area contributed by atoms with Crippen molar-refractivity contribution in [1.82, 2.24) is 4.98 Å². The van der Waals surface area contributed by atoms with Crippen LogP contribution in [0.25, 0.3) is 0 Å². The molecule has 2 rings (SSSR count). The molecular formula is C10H7Cl2NS2. The van der Waals surface area contributed by atoms with Crippen LogP contribution in [0.4, 0.5) is 0 Å². The van der Waals surface area contributed by atoms with Crippen LogP contribution in [0.1, 0.15) is 5.69 Å². The molecule has 15 heavy (non-hydrogen) atoms. The van der Waals surface area contributed by atoms with Crippen LogP contribution in [-0.2, 0) is 5.75 Å². The van der Waals surface area contributed by atoms with Crippen LogP contribution in [0.3, 0.4) is 0 Å². The summed E-state index contributed by atoms with van der Waals surface area (Å²) in [6.45, 7) is 0. The van der Waals surface area contributed by atoms with Gasteiger partial charge in [0.15, 0.2) is 4.47 Å². The Morgan fingerprint density at radius 1 is 1.33 bits per heavy atom. The standard InChI is InChI=1S/C10H7Cl2NS2/c11-7-2-1-3-9(4-7)14-5-8-6-15-10(12)13-8/h1-4,6H,5H2. The Hall–Kier alpha value is -0.220. The highest BCUT2D eigenvalue weighted by Gasteiger charge is 2.01. The second kappa shape index (κ2) is 5.21. The number of hydrogen-bond acceptors (Lipinski definition) is 3. The van der Waals surface area contributed by atoms with Crippen molar-refractivity contribution in [2.24, 2.45) is 0 Å². The van der Waals surface area contributed by atoms with Gasteiger partial charge in [-0.1, -0.05) is 29.3 Å². The Bertz CT molecular complexity index is 456. The summed E-state index contributed by atoms with van der Waals surface area (Å²) in [4.78, 5) is 5.32. The first-order valence-electron chi connectivity index (χ1n) is 4.22. The molecule has 0 unspecified atom stereocenters. The molecule has 0 bridgehead atoms. The van der Waals surface area contributed by atoms with Crippen LogP contribution >= 0.6 is 46.3 Å². The highest BCUT2D eigenvalue weighted by atomic mass is 35.5. The van der Waals surface area contributed by atoms with E-state index in [0.29, 0.717) is 4.47 Å². The fourth-order valence-corrected chi connectivity index (χ4v) is 3.05. The largest absolute Gasteiger partial charge is 0.229 e. The third-order valence-corrected chi connectivity index (χ3v) is 4.00. The van der Waals surface area contributed by atoms with Gasteiger partial charge in [-0.05, 0) is 18.2 Å². The smallest absolute Gasteiger partial charge is 0.183 e. The van der Waals surface area contributed by atoms with Gasteiger partial charge < -0.3 is 0 Å². The first-order valence-corrected chi connectivity index (χ1v) is 6.84. The second-order valence-electron chi connectivity index (χ2n) is 2.84. The molecule has 0 spiro atoms. The van der Waals surface area contributed by atoms with Gasteiger partial charge in [0, 0.05) is 21.1 Å². The maximum absolute atomic E-state index is 5.88. The van der Waals surface area contributed by atoms with E-state index in [-0.39, 0.29) is 0 Å². The van der Waals surface area contributed by atoms with Crippen LogP contribution in [0.15, 0.2) is 34.5 Å². The van der Waals surface area contributed by atoms with Crippen molar-refractivity contribution in [2.45, 2.75) is 10.6 Å². The van der Waals surface area contributed by atoms with Crippen molar-refractivity contribution in [3.05, 3.63) is 44.8 Å². The number of halogens is 2. The monoisotopic (exact) mass is 275 g/mol. The highest BCUT2D eigenvalue weighted by molar-refractivity contribution is 7.98. The Kier molecular flexibility index (Phi) is 3.92. The van der Waals surface area contributed by atoms with Gasteiger partial charge in [0.1, 0.15) is 0 Å². The number of hydrogen-bond donors (Lipinski definition) is 0. The van der Waals surface area contributed by atoms with Crippen molar-refractivity contribution in [3.63, 3.8) is 0 Å². The molecule has 0 atom stereocenters. The van der Waals surface area contributed by atoms with Crippen LogP contribution in [0, 0.1) is 0 Å². The van der Waals surface area contributed by atoms with Gasteiger partial charge in [0.2, 0.25) is 0 Å². The van der Waals surface area contributed by atoms with Gasteiger partial charge in [-0.25, -0.2) is 4.98 Å². The minimum atomic E-state index is 0.594. The fourth-order valence-electron chi connectivity index (χ4n) is 1.06. The van der Waals surface area contributed by atoms with E-state index >= 15 is 0 Å². The van der Waals surface area contributed by atoms with Gasteiger partial charge >= 0.3 is 0 Å². The van der Waals surface area contributed by atoms with E-state index in [4.69, 9.17) is 23.2 Å². The van der Waals surface area contributed by atoms with Gasteiger partial charge in [-0.3, -0.25) is 0 Å². The van der Waals surface area contributed by atoms with Crippen LogP contribution in [0.5, 0.6) is 0 Å². The molecule has 78 valence electrons. The molecule has 0 saturated heterocycles. The minimum absolute atomic E-state index is 0.594. The van der Waals surface area contributed by atoms with E-state index < -0.39 is 0 Å². The van der Waals surface area contributed by atoms with Crippen molar-refractivity contribution < 1.29 is 0 Å². The quantitative estimate of drug-likeness (QED) is 0.751. The summed E-state index contributed by atoms with van der Waals surface area (Å²) in [5, 5.41) is 2.73. The van der Waals surface area contributed by atoms with E-state index in [0.717, 1.165) is 21.4 Å². The molecular weight excluding hydrogens is 269 g/mol. The van der Waals surface area contributed by atoms with E-state index in [9.17, 15) is 0 Å². The summed E-state index contributed by atoms with van der Waals surface area (Å²) in [7, 11) is 0. The zero-order valence-electron chi connectivity index (χ0n) is 7.61. The molecule has 0 aliphatic carbocycles. The molecule has 1 nitrogen and oxygen atoms in total. The lowest BCUT2D eigenvalue weighted by Crippen LogP contribution is -1.79. The molecule has 1 aromatic carbocycles. The lowest BCUT2D eigenvalue weighted by atomic mass is 10.4. The molecule has 5 heteroatoms. The number of nitrogens with zero attached hydrogens (tertiary/aromatic N) is 1. The maximum Gasteiger partial charge on any atom is 0.183 e. The topological polar surface area (TPSA) is 12.9 Å². The predicted molar refractivity (Wildman–Crippen MR) is 68.1 cm³/mol. The summed E-state index contributed by atoms with van der Waals surface area (Å²) in [6.07, 6.45) is 0. The summed E-state index contributed by atoms with van der Waals surface area (Å²) < 4.78 is 0.594. The number of aromatic nitrogens is 1. The minimum Gasteiger partial charge on any atom is -0.229 e. The van der Waals surface area contributed by atoms with E-state index in [2.05, 4.69) is 4.98 Å². The summed E-state index contributed by atoms with van der Waals surface area (Å²) >= 11 is 14.8. The normalized spacial score (nSPS) is 10.5. The molecule has 1 aromatic heterocycles. The molecule has 0 N–H and O–H groups in total. The van der Waals surface area contributed by atoms with E-state index in [1.807, 2.05) is 29.6 Å². The van der Waals surface area contributed by atoms with Crippen molar-refractivity contribution in [3.8, 4) is 0 Å². The van der Waals surface area contributed by atoms with E-state index in [1.165, 1.54) is 11.3 Å². The Balaban J connectivity index is 1.99. The maximum atomic E-state index is 5.88. The lowest BCUT2D eigenvalue weighted by molar-refractivity contribution is 1.23. The average Bonchev–Trinajstić information content (AvgIpc) is 2.62. The average molecular weight is 276 g/mol. The third kappa shape index (κ3) is 3.38. The Labute approximate surface area is 106 Å². The number of thioether (sulfide) groups is 1. The predicted octanol–water partition coefficient (Wildman–Crippen LogP) is 4.74. The summed E-state index contributed by atoms with van der Waals surface area (Å²) in [5.74, 6) is 0.823. The highest BCUT2D eigenvalue weighted by Crippen LogP contribution is 2.26.